The molecule has 0 spiro atoms. The first kappa shape index (κ1) is 28.6. The van der Waals surface area contributed by atoms with Crippen LogP contribution in [-0.2, 0) is 24.9 Å². The molecular weight excluding hydrogens is 558 g/mol. The minimum Gasteiger partial charge on any atom is -0.480 e. The Morgan fingerprint density at radius 3 is 2.53 bits per heavy atom. The van der Waals surface area contributed by atoms with E-state index in [1.165, 1.54) is 0 Å². The average molecular weight is 594 g/mol. The molecule has 0 bridgehead atoms. The van der Waals surface area contributed by atoms with Gasteiger partial charge in [-0.2, -0.15) is 10.4 Å². The Labute approximate surface area is 251 Å². The second kappa shape index (κ2) is 11.7. The van der Waals surface area contributed by atoms with E-state index in [1.54, 1.807) is 19.6 Å². The number of aryl methyl sites for hydroxylation is 1. The number of ether oxygens (including phenoxy) is 2. The number of imidazole rings is 1. The minimum atomic E-state index is -1.22. The number of fused-ring (bicyclic) bond motifs is 1. The van der Waals surface area contributed by atoms with Crippen molar-refractivity contribution in [1.29, 1.82) is 5.26 Å². The fourth-order valence-corrected chi connectivity index (χ4v) is 5.81. The summed E-state index contributed by atoms with van der Waals surface area (Å²) in [4.78, 5) is 23.2. The Kier molecular flexibility index (Phi) is 7.77. The van der Waals surface area contributed by atoms with Crippen molar-refractivity contribution in [1.82, 2.24) is 39.3 Å². The van der Waals surface area contributed by atoms with Crippen LogP contribution in [0.2, 0.25) is 25.7 Å². The number of nitrogens with zero attached hydrogens (tertiary/aromatic N) is 9. The van der Waals surface area contributed by atoms with Gasteiger partial charge in [0.25, 0.3) is 0 Å². The highest BCUT2D eigenvalue weighted by Gasteiger charge is 2.31. The van der Waals surface area contributed by atoms with E-state index in [0.717, 1.165) is 63.8 Å². The van der Waals surface area contributed by atoms with Crippen LogP contribution in [0.1, 0.15) is 41.4 Å². The summed E-state index contributed by atoms with van der Waals surface area (Å²) in [6.45, 7) is 8.04. The van der Waals surface area contributed by atoms with Crippen molar-refractivity contribution < 1.29 is 9.47 Å². The van der Waals surface area contributed by atoms with Crippen LogP contribution < -0.4 is 4.74 Å². The molecule has 0 radical (unpaired) electrons. The van der Waals surface area contributed by atoms with E-state index in [0.29, 0.717) is 43.1 Å². The lowest BCUT2D eigenvalue weighted by atomic mass is 10.1. The van der Waals surface area contributed by atoms with Crippen LogP contribution in [-0.4, -0.2) is 61.1 Å². The van der Waals surface area contributed by atoms with E-state index in [9.17, 15) is 5.26 Å². The molecule has 4 aromatic heterocycles. The van der Waals surface area contributed by atoms with Gasteiger partial charge in [0.15, 0.2) is 11.5 Å². The lowest BCUT2D eigenvalue weighted by molar-refractivity contribution is 0.0814. The largest absolute Gasteiger partial charge is 0.480 e. The predicted octanol–water partition coefficient (Wildman–Crippen LogP) is 5.34. The molecule has 43 heavy (non-hydrogen) atoms. The van der Waals surface area contributed by atoms with E-state index in [4.69, 9.17) is 24.5 Å². The Bertz CT molecular complexity index is 1810. The molecule has 6 rings (SSSR count). The van der Waals surface area contributed by atoms with Crippen LogP contribution in [0.15, 0.2) is 43.0 Å². The summed E-state index contributed by atoms with van der Waals surface area (Å²) in [5, 5.41) is 14.2. The second-order valence-corrected chi connectivity index (χ2v) is 17.8. The van der Waals surface area contributed by atoms with Gasteiger partial charge >= 0.3 is 0 Å². The van der Waals surface area contributed by atoms with Gasteiger partial charge in [-0.25, -0.2) is 29.6 Å². The van der Waals surface area contributed by atoms with Gasteiger partial charge in [-0.1, -0.05) is 43.9 Å². The topological polar surface area (TPSA) is 129 Å². The van der Waals surface area contributed by atoms with Gasteiger partial charge < -0.3 is 14.0 Å². The number of aromatic nitrogens is 8. The fraction of sp³-hybridized carbons (Fsp3) is 0.387. The Hall–Kier alpha value is -4.47. The third kappa shape index (κ3) is 6.18. The van der Waals surface area contributed by atoms with Crippen molar-refractivity contribution in [3.05, 3.63) is 65.6 Å². The zero-order valence-electron chi connectivity index (χ0n) is 25.2. The van der Waals surface area contributed by atoms with Gasteiger partial charge in [0, 0.05) is 45.8 Å². The van der Waals surface area contributed by atoms with E-state index in [-0.39, 0.29) is 0 Å². The highest BCUT2D eigenvalue weighted by molar-refractivity contribution is 6.76. The number of rotatable bonds is 11. The van der Waals surface area contributed by atoms with Crippen LogP contribution in [0.25, 0.3) is 33.8 Å². The van der Waals surface area contributed by atoms with Crippen molar-refractivity contribution in [3.63, 3.8) is 0 Å². The molecule has 0 unspecified atom stereocenters. The summed E-state index contributed by atoms with van der Waals surface area (Å²) < 4.78 is 15.4. The molecule has 0 amide bonds. The Morgan fingerprint density at radius 1 is 1.07 bits per heavy atom. The third-order valence-corrected chi connectivity index (χ3v) is 9.27. The zero-order chi connectivity index (χ0) is 30.1. The number of hydrogen-bond acceptors (Lipinski definition) is 9. The normalized spacial score (nSPS) is 13.4. The molecule has 12 heteroatoms. The molecule has 11 nitrogen and oxygen atoms in total. The minimum absolute atomic E-state index is 0.327. The van der Waals surface area contributed by atoms with Crippen molar-refractivity contribution in [2.75, 3.05) is 13.7 Å². The van der Waals surface area contributed by atoms with Gasteiger partial charge in [-0.05, 0) is 24.4 Å². The van der Waals surface area contributed by atoms with Gasteiger partial charge in [0.1, 0.15) is 41.5 Å². The lowest BCUT2D eigenvalue weighted by Gasteiger charge is -2.15. The fourth-order valence-electron chi connectivity index (χ4n) is 5.06. The summed E-state index contributed by atoms with van der Waals surface area (Å²) in [5.74, 6) is 2.13. The molecule has 0 saturated heterocycles. The van der Waals surface area contributed by atoms with Gasteiger partial charge in [0.05, 0.1) is 24.7 Å². The zero-order valence-corrected chi connectivity index (χ0v) is 26.2. The Balaban J connectivity index is 1.36. The standard InChI is InChI=1S/C31H35N9O2Si/c1-39-17-23(15-32)36-30(39)22-8-6-20(7-9-22)14-24-28-25(40(38-24)19-42-12-13-43(3,4)5)16-33-29(37-28)26-27(21-10-11-21)34-18-35-31(26)41-2/h6-9,16-18,21H,10-14,19H2,1-5H3. The smallest absolute Gasteiger partial charge is 0.227 e. The molecule has 1 aromatic carbocycles. The maximum Gasteiger partial charge on any atom is 0.227 e. The predicted molar refractivity (Wildman–Crippen MR) is 165 cm³/mol. The third-order valence-electron chi connectivity index (χ3n) is 7.57. The summed E-state index contributed by atoms with van der Waals surface area (Å²) in [5.41, 5.74) is 6.48. The van der Waals surface area contributed by atoms with E-state index in [1.807, 2.05) is 34.6 Å². The highest BCUT2D eigenvalue weighted by atomic mass is 28.3. The molecule has 1 saturated carbocycles. The molecule has 1 aliphatic rings. The second-order valence-electron chi connectivity index (χ2n) is 12.2. The molecule has 5 aromatic rings. The first-order chi connectivity index (χ1) is 20.7. The van der Waals surface area contributed by atoms with E-state index in [2.05, 4.69) is 52.8 Å². The van der Waals surface area contributed by atoms with E-state index < -0.39 is 8.07 Å². The number of benzene rings is 1. The first-order valence-electron chi connectivity index (χ1n) is 14.5. The summed E-state index contributed by atoms with van der Waals surface area (Å²) >= 11 is 0. The maximum atomic E-state index is 9.22. The lowest BCUT2D eigenvalue weighted by Crippen LogP contribution is -2.22. The Morgan fingerprint density at radius 2 is 1.86 bits per heavy atom. The molecule has 1 fully saturated rings. The van der Waals surface area contributed by atoms with Crippen LogP contribution in [0.5, 0.6) is 5.88 Å². The molecule has 4 heterocycles. The van der Waals surface area contributed by atoms with Crippen molar-refractivity contribution in [2.45, 2.75) is 57.6 Å². The van der Waals surface area contributed by atoms with Crippen LogP contribution in [0.4, 0.5) is 0 Å². The SMILES string of the molecule is COc1ncnc(C2CC2)c1-c1ncc2c(n1)c(Cc1ccc(-c3nc(C#N)cn3C)cc1)nn2COCC[Si](C)(C)C. The molecule has 0 atom stereocenters. The molecule has 0 aliphatic heterocycles. The molecular formula is C31H35N9O2Si. The molecule has 220 valence electrons. The quantitative estimate of drug-likeness (QED) is 0.147. The van der Waals surface area contributed by atoms with Gasteiger partial charge in [-0.15, -0.1) is 0 Å². The summed E-state index contributed by atoms with van der Waals surface area (Å²) in [6.07, 6.45) is 7.82. The van der Waals surface area contributed by atoms with Crippen LogP contribution in [0.3, 0.4) is 0 Å². The highest BCUT2D eigenvalue weighted by Crippen LogP contribution is 2.45. The van der Waals surface area contributed by atoms with Crippen molar-refractivity contribution >= 4 is 19.1 Å². The first-order valence-corrected chi connectivity index (χ1v) is 18.2. The molecule has 0 N–H and O–H groups in total. The molecule has 1 aliphatic carbocycles. The van der Waals surface area contributed by atoms with Crippen molar-refractivity contribution in [2.24, 2.45) is 7.05 Å². The number of hydrogen-bond donors (Lipinski definition) is 0. The number of nitriles is 1. The summed E-state index contributed by atoms with van der Waals surface area (Å²) in [6, 6.07) is 11.3. The van der Waals surface area contributed by atoms with Gasteiger partial charge in [-0.3, -0.25) is 0 Å². The van der Waals surface area contributed by atoms with Crippen LogP contribution in [0, 0.1) is 11.3 Å². The van der Waals surface area contributed by atoms with Gasteiger partial charge in [0.2, 0.25) is 5.88 Å². The monoisotopic (exact) mass is 593 g/mol. The summed E-state index contributed by atoms with van der Waals surface area (Å²) in [7, 11) is 2.28. The average Bonchev–Trinajstić information content (AvgIpc) is 3.70. The van der Waals surface area contributed by atoms with Crippen LogP contribution >= 0.6 is 0 Å². The van der Waals surface area contributed by atoms with Crippen molar-refractivity contribution in [3.8, 4) is 34.7 Å². The number of methoxy groups -OCH3 is 1. The van der Waals surface area contributed by atoms with E-state index >= 15 is 0 Å². The maximum absolute atomic E-state index is 9.22.